The summed E-state index contributed by atoms with van der Waals surface area (Å²) in [5.74, 6) is 4.89. The molecule has 0 fully saturated rings. The average molecular weight is 187 g/mol. The zero-order valence-electron chi connectivity index (χ0n) is 6.59. The Hall–Kier alpha value is -0.770. The zero-order chi connectivity index (χ0) is 8.97. The number of benzene rings is 1. The maximum atomic E-state index is 5.73. The van der Waals surface area contributed by atoms with Crippen molar-refractivity contribution < 1.29 is 4.84 Å². The summed E-state index contributed by atoms with van der Waals surface area (Å²) in [6.45, 7) is 0.487. The molecule has 3 nitrogen and oxygen atoms in total. The van der Waals surface area contributed by atoms with Crippen molar-refractivity contribution in [2.24, 2.45) is 5.90 Å². The van der Waals surface area contributed by atoms with Gasteiger partial charge in [0.15, 0.2) is 0 Å². The Morgan fingerprint density at radius 1 is 1.42 bits per heavy atom. The van der Waals surface area contributed by atoms with Gasteiger partial charge in [0.2, 0.25) is 0 Å². The van der Waals surface area contributed by atoms with Gasteiger partial charge in [-0.05, 0) is 24.1 Å². The predicted molar refractivity (Wildman–Crippen MR) is 49.7 cm³/mol. The monoisotopic (exact) mass is 186 g/mol. The van der Waals surface area contributed by atoms with Crippen LogP contribution in [-0.4, -0.2) is 6.61 Å². The van der Waals surface area contributed by atoms with Crippen molar-refractivity contribution >= 4 is 17.3 Å². The molecular weight excluding hydrogens is 176 g/mol. The number of anilines is 1. The summed E-state index contributed by atoms with van der Waals surface area (Å²) in [6, 6.07) is 5.49. The standard InChI is InChI=1S/C8H11ClN2O/c9-7-2-1-6(3-4-12-11)5-8(7)10/h1-2,5H,3-4,10-11H2. The maximum absolute atomic E-state index is 5.73. The Morgan fingerprint density at radius 3 is 2.75 bits per heavy atom. The number of hydrogen-bond acceptors (Lipinski definition) is 3. The Labute approximate surface area is 76.2 Å². The molecule has 0 aliphatic heterocycles. The molecule has 1 aromatic rings. The molecule has 0 bridgehead atoms. The van der Waals surface area contributed by atoms with Crippen molar-refractivity contribution in [3.63, 3.8) is 0 Å². The van der Waals surface area contributed by atoms with E-state index in [0.717, 1.165) is 12.0 Å². The van der Waals surface area contributed by atoms with Gasteiger partial charge in [0.1, 0.15) is 0 Å². The third kappa shape index (κ3) is 2.37. The van der Waals surface area contributed by atoms with Gasteiger partial charge in [0.25, 0.3) is 0 Å². The number of halogens is 1. The summed E-state index contributed by atoms with van der Waals surface area (Å²) >= 11 is 5.73. The van der Waals surface area contributed by atoms with Crippen LogP contribution in [0, 0.1) is 0 Å². The summed E-state index contributed by atoms with van der Waals surface area (Å²) < 4.78 is 0. The van der Waals surface area contributed by atoms with Crippen LogP contribution < -0.4 is 11.6 Å². The molecule has 0 aliphatic carbocycles. The fourth-order valence-corrected chi connectivity index (χ4v) is 1.04. The lowest BCUT2D eigenvalue weighted by Crippen LogP contribution is -2.03. The van der Waals surface area contributed by atoms with Crippen molar-refractivity contribution in [1.82, 2.24) is 0 Å². The summed E-state index contributed by atoms with van der Waals surface area (Å²) in [6.07, 6.45) is 0.748. The van der Waals surface area contributed by atoms with E-state index in [4.69, 9.17) is 23.2 Å². The van der Waals surface area contributed by atoms with Gasteiger partial charge >= 0.3 is 0 Å². The van der Waals surface area contributed by atoms with Crippen molar-refractivity contribution in [1.29, 1.82) is 0 Å². The molecule has 0 unspecified atom stereocenters. The minimum Gasteiger partial charge on any atom is -0.398 e. The second-order valence-electron chi connectivity index (χ2n) is 2.48. The fourth-order valence-electron chi connectivity index (χ4n) is 0.925. The lowest BCUT2D eigenvalue weighted by atomic mass is 10.1. The molecule has 1 rings (SSSR count). The highest BCUT2D eigenvalue weighted by atomic mass is 35.5. The van der Waals surface area contributed by atoms with E-state index in [1.807, 2.05) is 12.1 Å². The van der Waals surface area contributed by atoms with E-state index in [0.29, 0.717) is 17.3 Å². The van der Waals surface area contributed by atoms with Crippen LogP contribution in [0.3, 0.4) is 0 Å². The second kappa shape index (κ2) is 4.30. The van der Waals surface area contributed by atoms with Crippen LogP contribution in [0.25, 0.3) is 0 Å². The van der Waals surface area contributed by atoms with Gasteiger partial charge in [0.05, 0.1) is 17.3 Å². The van der Waals surface area contributed by atoms with Gasteiger partial charge < -0.3 is 10.6 Å². The van der Waals surface area contributed by atoms with Crippen LogP contribution in [0.2, 0.25) is 5.02 Å². The summed E-state index contributed by atoms with van der Waals surface area (Å²) in [4.78, 5) is 4.44. The van der Waals surface area contributed by atoms with Crippen LogP contribution in [0.5, 0.6) is 0 Å². The SMILES string of the molecule is NOCCc1ccc(Cl)c(N)c1. The molecule has 0 saturated carbocycles. The normalized spacial score (nSPS) is 10.2. The minimum absolute atomic E-state index is 0.487. The number of rotatable bonds is 3. The topological polar surface area (TPSA) is 61.3 Å². The summed E-state index contributed by atoms with van der Waals surface area (Å²) in [5.41, 5.74) is 7.25. The number of nitrogens with two attached hydrogens (primary N) is 2. The first-order chi connectivity index (χ1) is 5.74. The fraction of sp³-hybridized carbons (Fsp3) is 0.250. The molecule has 66 valence electrons. The maximum Gasteiger partial charge on any atom is 0.0719 e. The van der Waals surface area contributed by atoms with E-state index in [1.165, 1.54) is 0 Å². The molecule has 0 radical (unpaired) electrons. The molecule has 0 amide bonds. The first-order valence-corrected chi connectivity index (χ1v) is 3.97. The summed E-state index contributed by atoms with van der Waals surface area (Å²) in [7, 11) is 0. The molecule has 0 spiro atoms. The first kappa shape index (κ1) is 9.32. The molecule has 0 aliphatic rings. The third-order valence-electron chi connectivity index (χ3n) is 1.57. The molecule has 0 heterocycles. The third-order valence-corrected chi connectivity index (χ3v) is 1.91. The van der Waals surface area contributed by atoms with Crippen LogP contribution in [0.15, 0.2) is 18.2 Å². The van der Waals surface area contributed by atoms with Gasteiger partial charge in [-0.3, -0.25) is 0 Å². The molecule has 12 heavy (non-hydrogen) atoms. The van der Waals surface area contributed by atoms with E-state index in [2.05, 4.69) is 4.84 Å². The van der Waals surface area contributed by atoms with Crippen LogP contribution in [-0.2, 0) is 11.3 Å². The Balaban J connectivity index is 2.69. The Morgan fingerprint density at radius 2 is 2.17 bits per heavy atom. The van der Waals surface area contributed by atoms with E-state index >= 15 is 0 Å². The molecule has 0 saturated heterocycles. The largest absolute Gasteiger partial charge is 0.398 e. The lowest BCUT2D eigenvalue weighted by molar-refractivity contribution is 0.141. The van der Waals surface area contributed by atoms with Crippen molar-refractivity contribution in [2.75, 3.05) is 12.3 Å². The zero-order valence-corrected chi connectivity index (χ0v) is 7.34. The highest BCUT2D eigenvalue weighted by Gasteiger charge is 1.97. The van der Waals surface area contributed by atoms with Crippen LogP contribution in [0.4, 0.5) is 5.69 Å². The predicted octanol–water partition coefficient (Wildman–Crippen LogP) is 1.35. The molecule has 0 atom stereocenters. The molecular formula is C8H11ClN2O. The minimum atomic E-state index is 0.487. The van der Waals surface area contributed by atoms with Gasteiger partial charge in [-0.25, -0.2) is 5.90 Å². The smallest absolute Gasteiger partial charge is 0.0719 e. The average Bonchev–Trinajstić information content (AvgIpc) is 2.07. The van der Waals surface area contributed by atoms with Crippen LogP contribution in [0.1, 0.15) is 5.56 Å². The molecule has 0 aromatic heterocycles. The van der Waals surface area contributed by atoms with Gasteiger partial charge in [-0.1, -0.05) is 17.7 Å². The Kier molecular flexibility index (Phi) is 3.34. The molecule has 1 aromatic carbocycles. The van der Waals surface area contributed by atoms with Crippen LogP contribution >= 0.6 is 11.6 Å². The molecule has 4 N–H and O–H groups in total. The van der Waals surface area contributed by atoms with Crippen molar-refractivity contribution in [3.8, 4) is 0 Å². The Bertz CT molecular complexity index is 265. The quantitative estimate of drug-likeness (QED) is 0.554. The van der Waals surface area contributed by atoms with E-state index in [-0.39, 0.29) is 0 Å². The van der Waals surface area contributed by atoms with Gasteiger partial charge in [-0.15, -0.1) is 0 Å². The highest BCUT2D eigenvalue weighted by molar-refractivity contribution is 6.33. The van der Waals surface area contributed by atoms with E-state index < -0.39 is 0 Å². The first-order valence-electron chi connectivity index (χ1n) is 3.59. The number of hydrogen-bond donors (Lipinski definition) is 2. The lowest BCUT2D eigenvalue weighted by Gasteiger charge is -2.02. The summed E-state index contributed by atoms with van der Waals surface area (Å²) in [5, 5.41) is 0.576. The molecule has 4 heteroatoms. The van der Waals surface area contributed by atoms with Gasteiger partial charge in [0, 0.05) is 0 Å². The van der Waals surface area contributed by atoms with Crippen molar-refractivity contribution in [2.45, 2.75) is 6.42 Å². The second-order valence-corrected chi connectivity index (χ2v) is 2.88. The van der Waals surface area contributed by atoms with E-state index in [1.54, 1.807) is 6.07 Å². The number of nitrogen functional groups attached to an aromatic ring is 1. The highest BCUT2D eigenvalue weighted by Crippen LogP contribution is 2.19. The van der Waals surface area contributed by atoms with E-state index in [9.17, 15) is 0 Å². The van der Waals surface area contributed by atoms with Gasteiger partial charge in [-0.2, -0.15) is 0 Å². The van der Waals surface area contributed by atoms with Crippen molar-refractivity contribution in [3.05, 3.63) is 28.8 Å².